The molecule has 0 aliphatic heterocycles. The van der Waals surface area contributed by atoms with Crippen LogP contribution >= 0.6 is 22.9 Å². The van der Waals surface area contributed by atoms with Gasteiger partial charge in [0.15, 0.2) is 0 Å². The van der Waals surface area contributed by atoms with E-state index in [0.717, 1.165) is 10.7 Å². The summed E-state index contributed by atoms with van der Waals surface area (Å²) in [7, 11) is 0. The zero-order valence-corrected chi connectivity index (χ0v) is 8.72. The first-order chi connectivity index (χ1) is 6.81. The molecule has 0 aliphatic carbocycles. The van der Waals surface area contributed by atoms with E-state index < -0.39 is 0 Å². The summed E-state index contributed by atoms with van der Waals surface area (Å²) in [6, 6.07) is 5.58. The highest BCUT2D eigenvalue weighted by Crippen LogP contribution is 2.30. The van der Waals surface area contributed by atoms with Crippen molar-refractivity contribution in [2.45, 2.75) is 6.61 Å². The zero-order chi connectivity index (χ0) is 9.97. The maximum absolute atomic E-state index is 8.92. The van der Waals surface area contributed by atoms with Crippen molar-refractivity contribution in [2.24, 2.45) is 0 Å². The van der Waals surface area contributed by atoms with Crippen molar-refractivity contribution < 1.29 is 5.11 Å². The highest BCUT2D eigenvalue weighted by Gasteiger charge is 2.10. The van der Waals surface area contributed by atoms with Gasteiger partial charge in [0.05, 0.1) is 18.0 Å². The summed E-state index contributed by atoms with van der Waals surface area (Å²) in [4.78, 5) is 8.32. The molecule has 14 heavy (non-hydrogen) atoms. The van der Waals surface area contributed by atoms with Crippen molar-refractivity contribution in [3.63, 3.8) is 0 Å². The van der Waals surface area contributed by atoms with Crippen LogP contribution in [0.5, 0.6) is 0 Å². The van der Waals surface area contributed by atoms with Crippen LogP contribution in [0.1, 0.15) is 5.69 Å². The zero-order valence-electron chi connectivity index (χ0n) is 7.14. The van der Waals surface area contributed by atoms with E-state index >= 15 is 0 Å². The summed E-state index contributed by atoms with van der Waals surface area (Å²) in [6.45, 7) is -0.137. The maximum atomic E-state index is 8.92. The number of halogens is 1. The van der Waals surface area contributed by atoms with Gasteiger partial charge in [0.2, 0.25) is 0 Å². The molecule has 2 heterocycles. The molecule has 0 unspecified atom stereocenters. The molecule has 0 radical (unpaired) electrons. The first kappa shape index (κ1) is 9.58. The van der Waals surface area contributed by atoms with E-state index in [0.29, 0.717) is 10.0 Å². The van der Waals surface area contributed by atoms with Crippen molar-refractivity contribution in [3.8, 4) is 10.7 Å². The molecule has 1 N–H and O–H groups in total. The molecule has 2 aromatic heterocycles. The lowest BCUT2D eigenvalue weighted by Gasteiger charge is -1.91. The minimum atomic E-state index is -0.137. The summed E-state index contributed by atoms with van der Waals surface area (Å²) in [5, 5.41) is 9.65. The van der Waals surface area contributed by atoms with Gasteiger partial charge in [-0.3, -0.25) is 4.98 Å². The number of aliphatic hydroxyl groups excluding tert-OH is 1. The summed E-state index contributed by atoms with van der Waals surface area (Å²) in [6.07, 6.45) is 1.70. The highest BCUT2D eigenvalue weighted by atomic mass is 35.5. The second kappa shape index (κ2) is 4.04. The van der Waals surface area contributed by atoms with Crippen molar-refractivity contribution in [2.75, 3.05) is 0 Å². The topological polar surface area (TPSA) is 46.0 Å². The Kier molecular flexibility index (Phi) is 2.77. The van der Waals surface area contributed by atoms with Crippen LogP contribution < -0.4 is 0 Å². The number of hydrogen-bond acceptors (Lipinski definition) is 4. The van der Waals surface area contributed by atoms with E-state index in [-0.39, 0.29) is 6.61 Å². The lowest BCUT2D eigenvalue weighted by Crippen LogP contribution is -1.84. The van der Waals surface area contributed by atoms with Crippen molar-refractivity contribution in [1.82, 2.24) is 9.97 Å². The lowest BCUT2D eigenvalue weighted by atomic mass is 10.4. The van der Waals surface area contributed by atoms with E-state index in [9.17, 15) is 0 Å². The molecule has 5 heteroatoms. The van der Waals surface area contributed by atoms with E-state index in [1.807, 2.05) is 18.2 Å². The molecular formula is C9H7ClN2OS. The van der Waals surface area contributed by atoms with Gasteiger partial charge in [-0.1, -0.05) is 29.0 Å². The molecule has 0 saturated heterocycles. The average Bonchev–Trinajstić information content (AvgIpc) is 2.61. The number of hydrogen-bond donors (Lipinski definition) is 1. The maximum Gasteiger partial charge on any atom is 0.143 e. The van der Waals surface area contributed by atoms with E-state index in [1.165, 1.54) is 11.3 Å². The largest absolute Gasteiger partial charge is 0.390 e. The smallest absolute Gasteiger partial charge is 0.143 e. The van der Waals surface area contributed by atoms with Crippen LogP contribution in [0.25, 0.3) is 10.7 Å². The molecule has 0 spiro atoms. The minimum Gasteiger partial charge on any atom is -0.390 e. The quantitative estimate of drug-likeness (QED) is 0.855. The van der Waals surface area contributed by atoms with Gasteiger partial charge in [0.25, 0.3) is 0 Å². The van der Waals surface area contributed by atoms with Gasteiger partial charge in [-0.2, -0.15) is 0 Å². The fourth-order valence-corrected chi connectivity index (χ4v) is 2.13. The predicted octanol–water partition coefficient (Wildman–Crippen LogP) is 2.35. The Morgan fingerprint density at radius 2 is 2.29 bits per heavy atom. The molecule has 72 valence electrons. The van der Waals surface area contributed by atoms with Gasteiger partial charge in [0, 0.05) is 6.20 Å². The normalized spacial score (nSPS) is 10.4. The molecule has 3 nitrogen and oxygen atoms in total. The van der Waals surface area contributed by atoms with Crippen LogP contribution in [0.3, 0.4) is 0 Å². The van der Waals surface area contributed by atoms with Gasteiger partial charge in [-0.25, -0.2) is 4.98 Å². The SMILES string of the molecule is OCc1nc(-c2ccccn2)sc1Cl. The molecule has 0 bridgehead atoms. The Morgan fingerprint density at radius 3 is 2.86 bits per heavy atom. The second-order valence-electron chi connectivity index (χ2n) is 2.61. The fraction of sp³-hybridized carbons (Fsp3) is 0.111. The standard InChI is InChI=1S/C9H7ClN2OS/c10-8-7(5-13)12-9(14-8)6-3-1-2-4-11-6/h1-4,13H,5H2. The molecule has 0 atom stereocenters. The molecular weight excluding hydrogens is 220 g/mol. The van der Waals surface area contributed by atoms with E-state index in [2.05, 4.69) is 9.97 Å². The minimum absolute atomic E-state index is 0.137. The van der Waals surface area contributed by atoms with Gasteiger partial charge in [-0.05, 0) is 12.1 Å². The number of aliphatic hydroxyl groups is 1. The van der Waals surface area contributed by atoms with Crippen molar-refractivity contribution in [3.05, 3.63) is 34.4 Å². The highest BCUT2D eigenvalue weighted by molar-refractivity contribution is 7.19. The van der Waals surface area contributed by atoms with E-state index in [1.54, 1.807) is 6.20 Å². The van der Waals surface area contributed by atoms with Gasteiger partial charge in [-0.15, -0.1) is 0 Å². The molecule has 0 saturated carbocycles. The molecule has 2 aromatic rings. The molecule has 0 fully saturated rings. The lowest BCUT2D eigenvalue weighted by molar-refractivity contribution is 0.278. The Balaban J connectivity index is 2.43. The molecule has 0 amide bonds. The predicted molar refractivity (Wildman–Crippen MR) is 56.3 cm³/mol. The Morgan fingerprint density at radius 1 is 1.43 bits per heavy atom. The van der Waals surface area contributed by atoms with Crippen LogP contribution in [-0.4, -0.2) is 15.1 Å². The molecule has 0 aromatic carbocycles. The summed E-state index contributed by atoms with van der Waals surface area (Å²) in [5.74, 6) is 0. The molecule has 0 aliphatic rings. The first-order valence-electron chi connectivity index (χ1n) is 3.98. The summed E-state index contributed by atoms with van der Waals surface area (Å²) >= 11 is 7.19. The van der Waals surface area contributed by atoms with Crippen LogP contribution in [0.4, 0.5) is 0 Å². The number of thiazole rings is 1. The second-order valence-corrected chi connectivity index (χ2v) is 4.21. The van der Waals surface area contributed by atoms with Gasteiger partial charge < -0.3 is 5.11 Å². The van der Waals surface area contributed by atoms with Crippen LogP contribution in [0.2, 0.25) is 4.34 Å². The number of nitrogens with zero attached hydrogens (tertiary/aromatic N) is 2. The van der Waals surface area contributed by atoms with Crippen molar-refractivity contribution in [1.29, 1.82) is 0 Å². The van der Waals surface area contributed by atoms with Crippen LogP contribution in [-0.2, 0) is 6.61 Å². The average molecular weight is 227 g/mol. The third-order valence-electron chi connectivity index (χ3n) is 1.68. The number of rotatable bonds is 2. The summed E-state index contributed by atoms with van der Waals surface area (Å²) in [5.41, 5.74) is 1.29. The van der Waals surface area contributed by atoms with Crippen LogP contribution in [0, 0.1) is 0 Å². The Labute approximate surface area is 90.0 Å². The number of pyridine rings is 1. The van der Waals surface area contributed by atoms with Crippen LogP contribution in [0.15, 0.2) is 24.4 Å². The summed E-state index contributed by atoms with van der Waals surface area (Å²) < 4.78 is 0.521. The van der Waals surface area contributed by atoms with Gasteiger partial charge >= 0.3 is 0 Å². The van der Waals surface area contributed by atoms with Crippen molar-refractivity contribution >= 4 is 22.9 Å². The van der Waals surface area contributed by atoms with Gasteiger partial charge in [0.1, 0.15) is 9.34 Å². The Bertz CT molecular complexity index is 430. The van der Waals surface area contributed by atoms with E-state index in [4.69, 9.17) is 16.7 Å². The Hall–Kier alpha value is -0.970. The monoisotopic (exact) mass is 226 g/mol. The fourth-order valence-electron chi connectivity index (χ4n) is 1.03. The molecule has 2 rings (SSSR count). The number of aromatic nitrogens is 2. The first-order valence-corrected chi connectivity index (χ1v) is 5.18. The third kappa shape index (κ3) is 1.77. The third-order valence-corrected chi connectivity index (χ3v) is 3.04.